The van der Waals surface area contributed by atoms with Gasteiger partial charge in [-0.25, -0.2) is 0 Å². The molecule has 4 heteroatoms. The van der Waals surface area contributed by atoms with Crippen LogP contribution in [0.15, 0.2) is 200 Å². The normalized spacial score (nSPS) is 11.3. The zero-order valence-corrected chi connectivity index (χ0v) is 33.3. The number of para-hydroxylation sites is 3. The first-order chi connectivity index (χ1) is 28.6. The highest BCUT2D eigenvalue weighted by atomic mass is 15.0. The predicted molar refractivity (Wildman–Crippen MR) is 250 cm³/mol. The maximum Gasteiger partial charge on any atom is 0.0541 e. The molecule has 58 heavy (non-hydrogen) atoms. The van der Waals surface area contributed by atoms with E-state index in [4.69, 9.17) is 11.5 Å². The third-order valence-corrected chi connectivity index (χ3v) is 10.9. The van der Waals surface area contributed by atoms with Gasteiger partial charge in [-0.3, -0.25) is 0 Å². The van der Waals surface area contributed by atoms with E-state index >= 15 is 0 Å². The van der Waals surface area contributed by atoms with Gasteiger partial charge >= 0.3 is 0 Å². The summed E-state index contributed by atoms with van der Waals surface area (Å²) in [5, 5.41) is 5.17. The van der Waals surface area contributed by atoms with Gasteiger partial charge in [0.15, 0.2) is 0 Å². The van der Waals surface area contributed by atoms with Crippen molar-refractivity contribution in [2.45, 2.75) is 13.8 Å². The van der Waals surface area contributed by atoms with Gasteiger partial charge in [0.25, 0.3) is 0 Å². The number of nitrogens with two attached hydrogens (primary N) is 2. The van der Waals surface area contributed by atoms with Gasteiger partial charge in [-0.1, -0.05) is 159 Å². The molecule has 2 heterocycles. The Hall–Kier alpha value is -7.14. The first kappa shape index (κ1) is 37.8. The van der Waals surface area contributed by atoms with Crippen LogP contribution in [0.2, 0.25) is 0 Å². The summed E-state index contributed by atoms with van der Waals surface area (Å²) in [5.74, 6) is 0. The molecule has 10 rings (SSSR count). The Morgan fingerprint density at radius 2 is 0.828 bits per heavy atom. The summed E-state index contributed by atoms with van der Waals surface area (Å²) in [6, 6.07) is 69.0. The summed E-state index contributed by atoms with van der Waals surface area (Å²) in [4.78, 5) is 0. The Morgan fingerprint density at radius 1 is 0.431 bits per heavy atom. The quantitative estimate of drug-likeness (QED) is 0.178. The Labute approximate surface area is 340 Å². The molecule has 4 N–H and O–H groups in total. The number of nitrogens with zero attached hydrogens (tertiary/aromatic N) is 2. The second-order valence-corrected chi connectivity index (χ2v) is 14.1. The summed E-state index contributed by atoms with van der Waals surface area (Å²) in [7, 11) is 2.15. The van der Waals surface area contributed by atoms with Crippen LogP contribution < -0.4 is 11.5 Å². The Bertz CT molecular complexity index is 2990. The third-order valence-electron chi connectivity index (χ3n) is 10.9. The molecule has 0 amide bonds. The number of aryl methyl sites for hydroxylation is 1. The molecule has 0 aliphatic rings. The molecule has 0 aliphatic heterocycles. The van der Waals surface area contributed by atoms with Gasteiger partial charge in [-0.2, -0.15) is 0 Å². The zero-order valence-electron chi connectivity index (χ0n) is 33.3. The van der Waals surface area contributed by atoms with Crippen LogP contribution in [-0.4, -0.2) is 15.7 Å². The minimum absolute atomic E-state index is 0.446. The van der Waals surface area contributed by atoms with Gasteiger partial charge in [0.1, 0.15) is 0 Å². The van der Waals surface area contributed by atoms with Crippen LogP contribution in [0.5, 0.6) is 0 Å². The second-order valence-electron chi connectivity index (χ2n) is 14.1. The van der Waals surface area contributed by atoms with E-state index in [0.29, 0.717) is 6.54 Å². The summed E-state index contributed by atoms with van der Waals surface area (Å²) < 4.78 is 4.65. The monoisotopic (exact) mass is 752 g/mol. The third kappa shape index (κ3) is 7.18. The minimum atomic E-state index is 0.446. The van der Waals surface area contributed by atoms with Crippen molar-refractivity contribution in [1.82, 2.24) is 9.13 Å². The second kappa shape index (κ2) is 16.9. The SMILES string of the molecule is CC.Cn1c2ccccc2c2cc(-c3ccc4c(c3)c3ccccc3n4-c3ccccc3)ccc21.N/C=C(\CN)c1ccc(-c2ccc(-c3ccccc3)cc2)cc1. The highest BCUT2D eigenvalue weighted by Gasteiger charge is 2.14. The van der Waals surface area contributed by atoms with Crippen molar-refractivity contribution in [3.05, 3.63) is 206 Å². The van der Waals surface area contributed by atoms with Crippen molar-refractivity contribution in [3.63, 3.8) is 0 Å². The highest BCUT2D eigenvalue weighted by Crippen LogP contribution is 2.37. The lowest BCUT2D eigenvalue weighted by atomic mass is 9.98. The molecular formula is C54H48N4. The van der Waals surface area contributed by atoms with Gasteiger partial charge < -0.3 is 20.6 Å². The van der Waals surface area contributed by atoms with E-state index in [1.165, 1.54) is 82.7 Å². The van der Waals surface area contributed by atoms with Crippen LogP contribution in [-0.2, 0) is 7.05 Å². The van der Waals surface area contributed by atoms with E-state index < -0.39 is 0 Å². The summed E-state index contributed by atoms with van der Waals surface area (Å²) in [6.45, 7) is 4.45. The first-order valence-electron chi connectivity index (χ1n) is 20.0. The maximum absolute atomic E-state index is 5.69. The van der Waals surface area contributed by atoms with Gasteiger partial charge in [-0.05, 0) is 99.2 Å². The molecule has 0 bridgehead atoms. The van der Waals surface area contributed by atoms with Gasteiger partial charge in [0.2, 0.25) is 0 Å². The van der Waals surface area contributed by atoms with Gasteiger partial charge in [0.05, 0.1) is 11.0 Å². The molecule has 0 spiro atoms. The lowest BCUT2D eigenvalue weighted by Crippen LogP contribution is -2.04. The summed E-state index contributed by atoms with van der Waals surface area (Å²) >= 11 is 0. The molecule has 2 aromatic heterocycles. The molecule has 4 nitrogen and oxygen atoms in total. The molecule has 8 aromatic carbocycles. The molecule has 0 saturated carbocycles. The summed E-state index contributed by atoms with van der Waals surface area (Å²) in [5.41, 5.74) is 26.8. The molecule has 0 aliphatic carbocycles. The molecule has 0 saturated heterocycles. The number of hydrogen-bond donors (Lipinski definition) is 2. The zero-order chi connectivity index (χ0) is 40.0. The number of benzene rings is 8. The van der Waals surface area contributed by atoms with E-state index in [0.717, 1.165) is 11.1 Å². The lowest BCUT2D eigenvalue weighted by Gasteiger charge is -2.08. The number of aromatic nitrogens is 2. The van der Waals surface area contributed by atoms with Crippen LogP contribution in [0.1, 0.15) is 19.4 Å². The number of fused-ring (bicyclic) bond motifs is 6. The first-order valence-corrected chi connectivity index (χ1v) is 20.0. The molecule has 0 radical (unpaired) electrons. The minimum Gasteiger partial charge on any atom is -0.404 e. The fourth-order valence-electron chi connectivity index (χ4n) is 8.00. The molecule has 0 unspecified atom stereocenters. The van der Waals surface area contributed by atoms with Crippen molar-refractivity contribution in [2.24, 2.45) is 18.5 Å². The number of rotatable bonds is 6. The standard InChI is InChI=1S/C31H22N2.C21H20N2.C2H6/c1-32-28-13-7-5-11-24(28)26-19-21(15-17-29(26)32)22-16-18-31-27(20-22)25-12-6-8-14-30(25)33(31)23-9-3-2-4-10-23;22-14-21(15-23)20-12-10-19(11-13-20)18-8-6-17(7-9-18)16-4-2-1-3-5-16;1-2/h2-20H,1H3;1-14H,15,22-23H2;1-2H3/b;21-14+;. The van der Waals surface area contributed by atoms with Crippen LogP contribution >= 0.6 is 0 Å². The topological polar surface area (TPSA) is 61.9 Å². The van der Waals surface area contributed by atoms with Gasteiger partial charge in [-0.15, -0.1) is 0 Å². The fraction of sp³-hybridized carbons (Fsp3) is 0.0741. The summed E-state index contributed by atoms with van der Waals surface area (Å²) in [6.07, 6.45) is 1.57. The number of hydrogen-bond acceptors (Lipinski definition) is 2. The van der Waals surface area contributed by atoms with Crippen molar-refractivity contribution in [1.29, 1.82) is 0 Å². The van der Waals surface area contributed by atoms with Crippen LogP contribution in [0.3, 0.4) is 0 Å². The largest absolute Gasteiger partial charge is 0.404 e. The van der Waals surface area contributed by atoms with E-state index in [1.54, 1.807) is 6.20 Å². The molecular weight excluding hydrogens is 705 g/mol. The fourth-order valence-corrected chi connectivity index (χ4v) is 8.00. The van der Waals surface area contributed by atoms with Crippen LogP contribution in [0.4, 0.5) is 0 Å². The smallest absolute Gasteiger partial charge is 0.0541 e. The van der Waals surface area contributed by atoms with E-state index in [9.17, 15) is 0 Å². The van der Waals surface area contributed by atoms with E-state index in [-0.39, 0.29) is 0 Å². The maximum atomic E-state index is 5.69. The average molecular weight is 753 g/mol. The highest BCUT2D eigenvalue weighted by molar-refractivity contribution is 6.12. The molecule has 284 valence electrons. The van der Waals surface area contributed by atoms with Crippen LogP contribution in [0, 0.1) is 0 Å². The van der Waals surface area contributed by atoms with Crippen molar-refractivity contribution >= 4 is 49.2 Å². The Balaban J connectivity index is 0.000000166. The van der Waals surface area contributed by atoms with Crippen molar-refractivity contribution in [3.8, 4) is 39.1 Å². The molecule has 10 aromatic rings. The Kier molecular flexibility index (Phi) is 11.0. The van der Waals surface area contributed by atoms with E-state index in [1.807, 2.05) is 19.9 Å². The van der Waals surface area contributed by atoms with E-state index in [2.05, 4.69) is 204 Å². The molecule has 0 atom stereocenters. The van der Waals surface area contributed by atoms with Crippen LogP contribution in [0.25, 0.3) is 88.3 Å². The van der Waals surface area contributed by atoms with Crippen molar-refractivity contribution < 1.29 is 0 Å². The average Bonchev–Trinajstić information content (AvgIpc) is 3.79. The predicted octanol–water partition coefficient (Wildman–Crippen LogP) is 13.4. The molecule has 0 fully saturated rings. The van der Waals surface area contributed by atoms with Crippen molar-refractivity contribution in [2.75, 3.05) is 6.54 Å². The van der Waals surface area contributed by atoms with Gasteiger partial charge in [0, 0.05) is 51.9 Å². The lowest BCUT2D eigenvalue weighted by molar-refractivity contribution is 1.01. The Morgan fingerprint density at radius 3 is 1.40 bits per heavy atom.